The minimum absolute atomic E-state index is 0. The second-order valence-electron chi connectivity index (χ2n) is 1.29. The molecule has 0 bridgehead atoms. The normalized spacial score (nSPS) is 6.46. The van der Waals surface area contributed by atoms with Crippen molar-refractivity contribution in [2.75, 3.05) is 0 Å². The summed E-state index contributed by atoms with van der Waals surface area (Å²) in [6.07, 6.45) is 0. The van der Waals surface area contributed by atoms with Crippen molar-refractivity contribution in [3.8, 4) is 0 Å². The fraction of sp³-hybridized carbons (Fsp3) is 0. The molecule has 0 atom stereocenters. The largest absolute Gasteiger partial charge is 4.00 e. The number of hydrogen-bond acceptors (Lipinski definition) is 0. The molecule has 0 N–H and O–H groups in total. The smallest absolute Gasteiger partial charge is 1.00 e. The molecule has 0 nitrogen and oxygen atoms in total. The van der Waals surface area contributed by atoms with Crippen LogP contribution in [0.4, 0.5) is 13.2 Å². The maximum absolute atomic E-state index is 9.58. The van der Waals surface area contributed by atoms with Gasteiger partial charge in [0.1, 0.15) is 0 Å². The van der Waals surface area contributed by atoms with Gasteiger partial charge in [-0.2, -0.15) is 36.4 Å². The van der Waals surface area contributed by atoms with E-state index in [0.717, 1.165) is 0 Å². The molecular weight excluding hydrogens is 260 g/mol. The summed E-state index contributed by atoms with van der Waals surface area (Å²) in [5, 5.41) is 0. The molecule has 1 aromatic carbocycles. The van der Waals surface area contributed by atoms with Gasteiger partial charge in [0.15, 0.2) is 6.68 Å². The van der Waals surface area contributed by atoms with Crippen LogP contribution in [0.25, 0.3) is 0 Å². The maximum Gasteiger partial charge on any atom is 4.00 e. The van der Waals surface area contributed by atoms with Crippen molar-refractivity contribution in [3.63, 3.8) is 0 Å². The second-order valence-corrected chi connectivity index (χ2v) is 1.29. The summed E-state index contributed by atoms with van der Waals surface area (Å²) in [5.41, 5.74) is 0. The van der Waals surface area contributed by atoms with Crippen LogP contribution >= 0.6 is 0 Å². The fourth-order valence-corrected chi connectivity index (χ4v) is 0.342. The number of halogens is 5. The molecule has 1 rings (SSSR count). The zero-order valence-electron chi connectivity index (χ0n) is 6.28. The molecule has 0 amide bonds. The SMILES string of the molecule is F[C-](F)F.[Cl-].[Cl-].[Ti+4].[c-]1ccccc1. The van der Waals surface area contributed by atoms with Gasteiger partial charge in [0.25, 0.3) is 0 Å². The first-order valence-electron chi connectivity index (χ1n) is 2.48. The summed E-state index contributed by atoms with van der Waals surface area (Å²) >= 11 is 0. The first-order valence-corrected chi connectivity index (χ1v) is 2.48. The molecule has 0 radical (unpaired) electrons. The topological polar surface area (TPSA) is 0 Å². The molecule has 0 spiro atoms. The quantitative estimate of drug-likeness (QED) is 0.343. The maximum atomic E-state index is 9.58. The fourth-order valence-electron chi connectivity index (χ4n) is 0.342. The predicted molar refractivity (Wildman–Crippen MR) is 31.8 cm³/mol. The third-order valence-corrected chi connectivity index (χ3v) is 0.607. The van der Waals surface area contributed by atoms with E-state index in [-0.39, 0.29) is 46.5 Å². The number of benzene rings is 1. The average Bonchev–Trinajstić information content (AvgIpc) is 1.90. The van der Waals surface area contributed by atoms with Gasteiger partial charge in [-0.1, -0.05) is 0 Å². The van der Waals surface area contributed by atoms with E-state index in [1.54, 1.807) is 0 Å². The molecule has 6 heteroatoms. The van der Waals surface area contributed by atoms with Gasteiger partial charge < -0.3 is 38.0 Å². The zero-order valence-corrected chi connectivity index (χ0v) is 9.35. The van der Waals surface area contributed by atoms with Gasteiger partial charge >= 0.3 is 21.7 Å². The van der Waals surface area contributed by atoms with Crippen LogP contribution in [-0.4, -0.2) is 0 Å². The Hall–Kier alpha value is 0.304. The Morgan fingerprint density at radius 1 is 0.846 bits per heavy atom. The summed E-state index contributed by atoms with van der Waals surface area (Å²) in [6.45, 7) is -3.08. The summed E-state index contributed by atoms with van der Waals surface area (Å²) in [6, 6.07) is 12.5. The van der Waals surface area contributed by atoms with E-state index in [0.29, 0.717) is 0 Å². The van der Waals surface area contributed by atoms with E-state index < -0.39 is 6.68 Å². The van der Waals surface area contributed by atoms with Crippen molar-refractivity contribution in [2.45, 2.75) is 0 Å². The number of rotatable bonds is 0. The molecule has 0 aromatic heterocycles. The van der Waals surface area contributed by atoms with Crippen LogP contribution in [0.5, 0.6) is 0 Å². The molecule has 0 heterocycles. The van der Waals surface area contributed by atoms with Gasteiger partial charge in [-0.3, -0.25) is 0 Å². The Morgan fingerprint density at radius 2 is 1.15 bits per heavy atom. The Bertz CT molecular complexity index is 122. The molecule has 0 aliphatic rings. The summed E-state index contributed by atoms with van der Waals surface area (Å²) < 4.78 is 28.8. The second kappa shape index (κ2) is 18.2. The van der Waals surface area contributed by atoms with Crippen molar-refractivity contribution in [1.82, 2.24) is 0 Å². The Kier molecular flexibility index (Phi) is 32.5. The van der Waals surface area contributed by atoms with Gasteiger partial charge in [-0.05, 0) is 0 Å². The molecule has 13 heavy (non-hydrogen) atoms. The van der Waals surface area contributed by atoms with Gasteiger partial charge in [-0.15, -0.1) is 0 Å². The minimum atomic E-state index is -3.08. The molecule has 1 aromatic rings. The summed E-state index contributed by atoms with van der Waals surface area (Å²) in [7, 11) is 0. The van der Waals surface area contributed by atoms with E-state index >= 15 is 0 Å². The van der Waals surface area contributed by atoms with Crippen LogP contribution < -0.4 is 24.8 Å². The van der Waals surface area contributed by atoms with Crippen molar-refractivity contribution in [2.24, 2.45) is 0 Å². The first kappa shape index (κ1) is 23.3. The van der Waals surface area contributed by atoms with Crippen LogP contribution in [-0.2, 0) is 21.7 Å². The Balaban J connectivity index is -0.0000000536. The third kappa shape index (κ3) is 32.9. The van der Waals surface area contributed by atoms with E-state index in [4.69, 9.17) is 0 Å². The number of hydrogen-bond donors (Lipinski definition) is 0. The molecule has 0 saturated carbocycles. The molecule has 0 saturated heterocycles. The van der Waals surface area contributed by atoms with Gasteiger partial charge in [0.2, 0.25) is 0 Å². The van der Waals surface area contributed by atoms with E-state index in [1.807, 2.05) is 30.3 Å². The summed E-state index contributed by atoms with van der Waals surface area (Å²) in [4.78, 5) is 0. The van der Waals surface area contributed by atoms with Crippen LogP contribution in [0.3, 0.4) is 0 Å². The van der Waals surface area contributed by atoms with Crippen molar-refractivity contribution < 1.29 is 59.7 Å². The first-order chi connectivity index (χ1) is 4.73. The average molecular weight is 265 g/mol. The Morgan fingerprint density at radius 3 is 1.23 bits per heavy atom. The minimum Gasteiger partial charge on any atom is -1.00 e. The summed E-state index contributed by atoms with van der Waals surface area (Å²) in [5.74, 6) is 0. The van der Waals surface area contributed by atoms with Crippen LogP contribution in [0.15, 0.2) is 30.3 Å². The van der Waals surface area contributed by atoms with Crippen LogP contribution in [0.1, 0.15) is 0 Å². The molecule has 0 fully saturated rings. The van der Waals surface area contributed by atoms with Crippen molar-refractivity contribution >= 4 is 0 Å². The van der Waals surface area contributed by atoms with Crippen LogP contribution in [0.2, 0.25) is 0 Å². The molecule has 0 aliphatic heterocycles. The Labute approximate surface area is 103 Å². The molecule has 0 aliphatic carbocycles. The van der Waals surface area contributed by atoms with Crippen LogP contribution in [0, 0.1) is 12.7 Å². The van der Waals surface area contributed by atoms with Gasteiger partial charge in [0, 0.05) is 0 Å². The van der Waals surface area contributed by atoms with Crippen molar-refractivity contribution in [1.29, 1.82) is 0 Å². The molecular formula is C7H5Cl2F3Ti. The zero-order chi connectivity index (χ0) is 7.82. The van der Waals surface area contributed by atoms with E-state index in [1.165, 1.54) is 0 Å². The predicted octanol–water partition coefficient (Wildman–Crippen LogP) is -3.17. The third-order valence-electron chi connectivity index (χ3n) is 0.607. The van der Waals surface area contributed by atoms with E-state index in [9.17, 15) is 13.2 Å². The van der Waals surface area contributed by atoms with Gasteiger partial charge in [-0.25, -0.2) is 0 Å². The molecule has 0 unspecified atom stereocenters. The standard InChI is InChI=1S/C6H5.CF3.2ClH.Ti/c1-2-4-6-5-3-1;2-1(3)4;;;/h1-5H;;2*1H;/q2*-1;;;+4/p-2. The molecule has 72 valence electrons. The van der Waals surface area contributed by atoms with E-state index in [2.05, 4.69) is 6.07 Å². The van der Waals surface area contributed by atoms with Crippen molar-refractivity contribution in [3.05, 3.63) is 43.1 Å². The van der Waals surface area contributed by atoms with Gasteiger partial charge in [0.05, 0.1) is 0 Å². The monoisotopic (exact) mass is 264 g/mol.